The third-order valence-electron chi connectivity index (χ3n) is 2.24. The summed E-state index contributed by atoms with van der Waals surface area (Å²) >= 11 is 11.8. The lowest BCUT2D eigenvalue weighted by Gasteiger charge is -2.03. The molecule has 0 unspecified atom stereocenters. The van der Waals surface area contributed by atoms with E-state index in [4.69, 9.17) is 28.9 Å². The molecule has 82 valence electrons. The first kappa shape index (κ1) is 11.2. The molecule has 2 nitrogen and oxygen atoms in total. The smallest absolute Gasteiger partial charge is 0.123 e. The minimum Gasteiger partial charge on any atom is -0.384 e. The van der Waals surface area contributed by atoms with Crippen LogP contribution in [0.2, 0.25) is 10.0 Å². The van der Waals surface area contributed by atoms with Gasteiger partial charge in [-0.25, -0.2) is 4.98 Å². The number of nitrogens with zero attached hydrogens (tertiary/aromatic N) is 1. The maximum atomic E-state index is 5.94. The first-order chi connectivity index (χ1) is 7.65. The number of rotatable bonds is 2. The van der Waals surface area contributed by atoms with E-state index in [0.717, 1.165) is 17.5 Å². The molecule has 0 aliphatic heterocycles. The zero-order valence-corrected chi connectivity index (χ0v) is 9.96. The first-order valence-corrected chi connectivity index (χ1v) is 5.55. The van der Waals surface area contributed by atoms with E-state index in [2.05, 4.69) is 4.98 Å². The van der Waals surface area contributed by atoms with Crippen molar-refractivity contribution in [1.82, 2.24) is 4.98 Å². The highest BCUT2D eigenvalue weighted by atomic mass is 35.5. The van der Waals surface area contributed by atoms with Crippen LogP contribution in [-0.2, 0) is 6.42 Å². The molecule has 0 aliphatic carbocycles. The van der Waals surface area contributed by atoms with Crippen LogP contribution in [0.15, 0.2) is 36.5 Å². The highest BCUT2D eigenvalue weighted by Crippen LogP contribution is 2.23. The Morgan fingerprint density at radius 1 is 1.00 bits per heavy atom. The molecule has 16 heavy (non-hydrogen) atoms. The third-order valence-corrected chi connectivity index (χ3v) is 2.98. The maximum absolute atomic E-state index is 5.94. The van der Waals surface area contributed by atoms with Crippen LogP contribution in [0.3, 0.4) is 0 Å². The Bertz CT molecular complexity index is 495. The maximum Gasteiger partial charge on any atom is 0.123 e. The van der Waals surface area contributed by atoms with Crippen LogP contribution in [0.5, 0.6) is 0 Å². The number of hydrogen-bond acceptors (Lipinski definition) is 2. The predicted octanol–water partition coefficient (Wildman–Crippen LogP) is 3.56. The molecular formula is C12H10Cl2N2. The fraction of sp³-hybridized carbons (Fsp3) is 0.0833. The van der Waals surface area contributed by atoms with Gasteiger partial charge in [0.25, 0.3) is 0 Å². The highest BCUT2D eigenvalue weighted by molar-refractivity contribution is 6.42. The molecule has 0 atom stereocenters. The molecule has 1 aromatic carbocycles. The Hall–Kier alpha value is -1.25. The van der Waals surface area contributed by atoms with E-state index in [1.54, 1.807) is 18.3 Å². The van der Waals surface area contributed by atoms with Gasteiger partial charge in [-0.05, 0) is 35.7 Å². The quantitative estimate of drug-likeness (QED) is 0.888. The van der Waals surface area contributed by atoms with Crippen molar-refractivity contribution in [3.05, 3.63) is 57.7 Å². The molecule has 0 bridgehead atoms. The summed E-state index contributed by atoms with van der Waals surface area (Å²) in [5.74, 6) is 0.526. The van der Waals surface area contributed by atoms with Crippen LogP contribution < -0.4 is 5.73 Å². The molecule has 0 saturated carbocycles. The van der Waals surface area contributed by atoms with E-state index in [9.17, 15) is 0 Å². The van der Waals surface area contributed by atoms with E-state index in [1.165, 1.54) is 0 Å². The van der Waals surface area contributed by atoms with Crippen molar-refractivity contribution < 1.29 is 0 Å². The Morgan fingerprint density at radius 3 is 2.38 bits per heavy atom. The fourth-order valence-electron chi connectivity index (χ4n) is 1.43. The second-order valence-electron chi connectivity index (χ2n) is 3.52. The largest absolute Gasteiger partial charge is 0.384 e. The predicted molar refractivity (Wildman–Crippen MR) is 67.9 cm³/mol. The van der Waals surface area contributed by atoms with Crippen LogP contribution in [0, 0.1) is 0 Å². The molecule has 0 aliphatic rings. The summed E-state index contributed by atoms with van der Waals surface area (Å²) in [4.78, 5) is 4.03. The number of anilines is 1. The van der Waals surface area contributed by atoms with Gasteiger partial charge in [0.15, 0.2) is 0 Å². The molecule has 0 saturated heterocycles. The average molecular weight is 253 g/mol. The van der Waals surface area contributed by atoms with Crippen LogP contribution >= 0.6 is 23.2 Å². The summed E-state index contributed by atoms with van der Waals surface area (Å²) in [5.41, 5.74) is 7.70. The van der Waals surface area contributed by atoms with Gasteiger partial charge in [-0.15, -0.1) is 0 Å². The van der Waals surface area contributed by atoms with Crippen LogP contribution in [-0.4, -0.2) is 4.98 Å². The van der Waals surface area contributed by atoms with Crippen molar-refractivity contribution >= 4 is 29.0 Å². The summed E-state index contributed by atoms with van der Waals surface area (Å²) in [6.07, 6.45) is 2.53. The van der Waals surface area contributed by atoms with Crippen LogP contribution in [0.25, 0.3) is 0 Å². The third kappa shape index (κ3) is 2.65. The number of hydrogen-bond donors (Lipinski definition) is 1. The molecule has 0 fully saturated rings. The number of nitrogens with two attached hydrogens (primary N) is 1. The van der Waals surface area contributed by atoms with Gasteiger partial charge in [0.2, 0.25) is 0 Å². The fourth-order valence-corrected chi connectivity index (χ4v) is 1.75. The summed E-state index contributed by atoms with van der Waals surface area (Å²) in [6.45, 7) is 0. The van der Waals surface area contributed by atoms with Crippen molar-refractivity contribution in [3.63, 3.8) is 0 Å². The minimum absolute atomic E-state index is 0.526. The molecule has 2 rings (SSSR count). The molecule has 1 heterocycles. The van der Waals surface area contributed by atoms with E-state index >= 15 is 0 Å². The molecular weight excluding hydrogens is 243 g/mol. The normalized spacial score (nSPS) is 10.4. The summed E-state index contributed by atoms with van der Waals surface area (Å²) < 4.78 is 0. The number of pyridine rings is 1. The van der Waals surface area contributed by atoms with E-state index < -0.39 is 0 Å². The Kier molecular flexibility index (Phi) is 3.32. The summed E-state index contributed by atoms with van der Waals surface area (Å²) in [6, 6.07) is 9.34. The molecule has 0 radical (unpaired) electrons. The topological polar surface area (TPSA) is 38.9 Å². The number of halogens is 2. The second-order valence-corrected chi connectivity index (χ2v) is 4.33. The Balaban J connectivity index is 2.20. The van der Waals surface area contributed by atoms with Crippen LogP contribution in [0.4, 0.5) is 5.82 Å². The SMILES string of the molecule is Nc1ccc(Cc2ccc(Cl)c(Cl)c2)cn1. The zero-order chi connectivity index (χ0) is 11.5. The van der Waals surface area contributed by atoms with Crippen molar-refractivity contribution in [2.75, 3.05) is 5.73 Å². The highest BCUT2D eigenvalue weighted by Gasteiger charge is 2.01. The Morgan fingerprint density at radius 2 is 1.75 bits per heavy atom. The van der Waals surface area contributed by atoms with Crippen molar-refractivity contribution in [2.45, 2.75) is 6.42 Å². The lowest BCUT2D eigenvalue weighted by atomic mass is 10.1. The standard InChI is InChI=1S/C12H10Cl2N2/c13-10-3-1-8(6-11(10)14)5-9-2-4-12(15)16-7-9/h1-4,6-7H,5H2,(H2,15,16). The van der Waals surface area contributed by atoms with Crippen molar-refractivity contribution in [3.8, 4) is 0 Å². The van der Waals surface area contributed by atoms with Gasteiger partial charge in [-0.1, -0.05) is 35.3 Å². The number of nitrogen functional groups attached to an aromatic ring is 1. The molecule has 1 aromatic heterocycles. The molecule has 2 N–H and O–H groups in total. The monoisotopic (exact) mass is 252 g/mol. The molecule has 0 amide bonds. The van der Waals surface area contributed by atoms with Gasteiger partial charge in [0.1, 0.15) is 5.82 Å². The zero-order valence-electron chi connectivity index (χ0n) is 8.45. The van der Waals surface area contributed by atoms with Crippen LogP contribution in [0.1, 0.15) is 11.1 Å². The molecule has 2 aromatic rings. The number of benzene rings is 1. The number of aromatic nitrogens is 1. The summed E-state index contributed by atoms with van der Waals surface area (Å²) in [5, 5.41) is 1.14. The molecule has 4 heteroatoms. The Labute approximate surface area is 104 Å². The van der Waals surface area contributed by atoms with Gasteiger partial charge in [0.05, 0.1) is 10.0 Å². The van der Waals surface area contributed by atoms with E-state index in [0.29, 0.717) is 15.9 Å². The summed E-state index contributed by atoms with van der Waals surface area (Å²) in [7, 11) is 0. The van der Waals surface area contributed by atoms with Gasteiger partial charge < -0.3 is 5.73 Å². The second kappa shape index (κ2) is 4.73. The molecule has 0 spiro atoms. The lowest BCUT2D eigenvalue weighted by molar-refractivity contribution is 1.15. The van der Waals surface area contributed by atoms with Crippen molar-refractivity contribution in [1.29, 1.82) is 0 Å². The van der Waals surface area contributed by atoms with Gasteiger partial charge >= 0.3 is 0 Å². The van der Waals surface area contributed by atoms with Gasteiger partial charge in [-0.2, -0.15) is 0 Å². The van der Waals surface area contributed by atoms with Gasteiger partial charge in [0, 0.05) is 6.20 Å². The lowest BCUT2D eigenvalue weighted by Crippen LogP contribution is -1.93. The van der Waals surface area contributed by atoms with Gasteiger partial charge in [-0.3, -0.25) is 0 Å². The van der Waals surface area contributed by atoms with E-state index in [-0.39, 0.29) is 0 Å². The minimum atomic E-state index is 0.526. The first-order valence-electron chi connectivity index (χ1n) is 4.79. The van der Waals surface area contributed by atoms with E-state index in [1.807, 2.05) is 18.2 Å². The average Bonchev–Trinajstić information content (AvgIpc) is 2.27. The van der Waals surface area contributed by atoms with Crippen molar-refractivity contribution in [2.24, 2.45) is 0 Å².